The Balaban J connectivity index is 1.79. The minimum Gasteiger partial charge on any atom is -0.407 e. The van der Waals surface area contributed by atoms with Crippen molar-refractivity contribution in [3.05, 3.63) is 72.8 Å². The molecule has 130 valence electrons. The molecule has 0 amide bonds. The van der Waals surface area contributed by atoms with Crippen LogP contribution < -0.4 is 10.4 Å². The van der Waals surface area contributed by atoms with Crippen LogP contribution in [0.2, 0.25) is 5.04 Å². The third kappa shape index (κ3) is 2.72. The second kappa shape index (κ2) is 5.96. The summed E-state index contributed by atoms with van der Waals surface area (Å²) in [5, 5.41) is 2.83. The van der Waals surface area contributed by atoms with E-state index in [-0.39, 0.29) is 5.04 Å². The van der Waals surface area contributed by atoms with Crippen molar-refractivity contribution >= 4 is 18.7 Å². The molecule has 0 heterocycles. The average molecular weight is 349 g/mol. The predicted molar refractivity (Wildman–Crippen MR) is 108 cm³/mol. The Labute approximate surface area is 152 Å². The number of fused-ring (bicyclic) bond motifs is 1. The number of allylic oxidation sites excluding steroid dienone is 1. The molecule has 2 unspecified atom stereocenters. The number of rotatable bonds is 5. The van der Waals surface area contributed by atoms with Gasteiger partial charge in [0.05, 0.1) is 0 Å². The van der Waals surface area contributed by atoms with Crippen molar-refractivity contribution in [1.82, 2.24) is 0 Å². The van der Waals surface area contributed by atoms with Crippen molar-refractivity contribution in [3.63, 3.8) is 0 Å². The summed E-state index contributed by atoms with van der Waals surface area (Å²) >= 11 is 0. The Kier molecular flexibility index (Phi) is 4.01. The van der Waals surface area contributed by atoms with Gasteiger partial charge in [0, 0.05) is 12.0 Å². The van der Waals surface area contributed by atoms with E-state index < -0.39 is 8.32 Å². The molecule has 1 fully saturated rings. The first kappa shape index (κ1) is 16.8. The van der Waals surface area contributed by atoms with Crippen LogP contribution in [0.4, 0.5) is 0 Å². The first-order valence-corrected chi connectivity index (χ1v) is 11.3. The van der Waals surface area contributed by atoms with Gasteiger partial charge in [0.1, 0.15) is 0 Å². The van der Waals surface area contributed by atoms with E-state index >= 15 is 0 Å². The van der Waals surface area contributed by atoms with Gasteiger partial charge in [-0.25, -0.2) is 0 Å². The molecule has 0 aromatic heterocycles. The monoisotopic (exact) mass is 348 g/mol. The summed E-state index contributed by atoms with van der Waals surface area (Å²) in [5.74, 6) is 0.825. The first-order chi connectivity index (χ1) is 12.0. The normalized spacial score (nSPS) is 25.0. The summed E-state index contributed by atoms with van der Waals surface area (Å²) in [6.45, 7) is 7.92. The van der Waals surface area contributed by atoms with Crippen LogP contribution in [0.25, 0.3) is 0 Å². The van der Waals surface area contributed by atoms with E-state index in [0.717, 1.165) is 12.5 Å². The molecule has 0 aliphatic heterocycles. The molecule has 0 spiro atoms. The fourth-order valence-electron chi connectivity index (χ4n) is 4.62. The fraction of sp³-hybridized carbons (Fsp3) is 0.391. The van der Waals surface area contributed by atoms with E-state index in [0.29, 0.717) is 5.41 Å². The van der Waals surface area contributed by atoms with E-state index in [4.69, 9.17) is 4.43 Å². The standard InChI is InChI=1S/C23H28OSi/c1-22(2,3)25(20-12-6-4-7-13-20,21-14-8-5-9-15-21)24-18-23-16-10-11-19(23)17-23/h4-10,12-16,19H,11,17-18H2,1-3H3. The van der Waals surface area contributed by atoms with E-state index in [1.807, 2.05) is 0 Å². The highest BCUT2D eigenvalue weighted by atomic mass is 28.4. The number of benzene rings is 2. The Morgan fingerprint density at radius 2 is 1.52 bits per heavy atom. The highest BCUT2D eigenvalue weighted by Gasteiger charge is 2.57. The van der Waals surface area contributed by atoms with E-state index in [9.17, 15) is 0 Å². The molecule has 1 nitrogen and oxygen atoms in total. The van der Waals surface area contributed by atoms with Crippen molar-refractivity contribution in [2.24, 2.45) is 11.3 Å². The maximum absolute atomic E-state index is 7.08. The van der Waals surface area contributed by atoms with Crippen LogP contribution in [0.15, 0.2) is 72.8 Å². The van der Waals surface area contributed by atoms with E-state index in [2.05, 4.69) is 93.6 Å². The van der Waals surface area contributed by atoms with E-state index in [1.54, 1.807) is 0 Å². The van der Waals surface area contributed by atoms with Gasteiger partial charge in [-0.1, -0.05) is 93.6 Å². The molecule has 0 saturated heterocycles. The zero-order valence-corrected chi connectivity index (χ0v) is 16.5. The summed E-state index contributed by atoms with van der Waals surface area (Å²) < 4.78 is 7.08. The lowest BCUT2D eigenvalue weighted by atomic mass is 10.1. The fourth-order valence-corrected chi connectivity index (χ4v) is 9.26. The average Bonchev–Trinajstić information content (AvgIpc) is 3.16. The minimum atomic E-state index is -2.37. The zero-order chi connectivity index (χ0) is 17.5. The topological polar surface area (TPSA) is 9.23 Å². The molecular weight excluding hydrogens is 320 g/mol. The molecule has 2 aliphatic carbocycles. The molecule has 0 radical (unpaired) electrons. The van der Waals surface area contributed by atoms with Gasteiger partial charge in [-0.3, -0.25) is 0 Å². The van der Waals surface area contributed by atoms with Crippen LogP contribution in [0.3, 0.4) is 0 Å². The Bertz CT molecular complexity index is 720. The van der Waals surface area contributed by atoms with E-state index in [1.165, 1.54) is 23.2 Å². The zero-order valence-electron chi connectivity index (χ0n) is 15.5. The summed E-state index contributed by atoms with van der Waals surface area (Å²) in [6, 6.07) is 21.9. The number of hydrogen-bond acceptors (Lipinski definition) is 1. The van der Waals surface area contributed by atoms with Gasteiger partial charge in [0.2, 0.25) is 0 Å². The first-order valence-electron chi connectivity index (χ1n) is 9.41. The van der Waals surface area contributed by atoms with Crippen LogP contribution in [-0.2, 0) is 4.43 Å². The van der Waals surface area contributed by atoms with Gasteiger partial charge in [0.25, 0.3) is 8.32 Å². The van der Waals surface area contributed by atoms with Gasteiger partial charge in [-0.05, 0) is 34.2 Å². The van der Waals surface area contributed by atoms with Gasteiger partial charge < -0.3 is 4.43 Å². The quantitative estimate of drug-likeness (QED) is 0.570. The van der Waals surface area contributed by atoms with Crippen LogP contribution in [0, 0.1) is 11.3 Å². The summed E-state index contributed by atoms with van der Waals surface area (Å²) in [7, 11) is -2.37. The van der Waals surface area contributed by atoms with Crippen molar-refractivity contribution < 1.29 is 4.43 Å². The Hall–Kier alpha value is -1.64. The SMILES string of the molecule is CC(C)(C)[Si](OCC12C=CCC1C2)(c1ccccc1)c1ccccc1. The number of hydrogen-bond donors (Lipinski definition) is 0. The molecule has 2 atom stereocenters. The Morgan fingerprint density at radius 1 is 0.960 bits per heavy atom. The van der Waals surface area contributed by atoms with Gasteiger partial charge in [-0.15, -0.1) is 0 Å². The molecule has 2 aromatic rings. The van der Waals surface area contributed by atoms with Crippen molar-refractivity contribution in [2.45, 2.75) is 38.7 Å². The summed E-state index contributed by atoms with van der Waals surface area (Å²) in [5.41, 5.74) is 0.326. The lowest BCUT2D eigenvalue weighted by molar-refractivity contribution is 0.242. The highest BCUT2D eigenvalue weighted by Crippen LogP contribution is 2.60. The summed E-state index contributed by atoms with van der Waals surface area (Å²) in [6.07, 6.45) is 7.32. The van der Waals surface area contributed by atoms with Crippen LogP contribution in [0.1, 0.15) is 33.6 Å². The molecule has 0 bridgehead atoms. The minimum absolute atomic E-state index is 0.0685. The maximum atomic E-state index is 7.08. The molecule has 4 rings (SSSR count). The van der Waals surface area contributed by atoms with Gasteiger partial charge in [0.15, 0.2) is 0 Å². The molecule has 2 heteroatoms. The predicted octanol–water partition coefficient (Wildman–Crippen LogP) is 4.53. The van der Waals surface area contributed by atoms with Gasteiger partial charge in [-0.2, -0.15) is 0 Å². The maximum Gasteiger partial charge on any atom is 0.261 e. The van der Waals surface area contributed by atoms with Crippen molar-refractivity contribution in [2.75, 3.05) is 6.61 Å². The Morgan fingerprint density at radius 3 is 1.92 bits per heavy atom. The van der Waals surface area contributed by atoms with Crippen LogP contribution in [-0.4, -0.2) is 14.9 Å². The molecule has 25 heavy (non-hydrogen) atoms. The molecule has 2 aliphatic rings. The third-order valence-electron chi connectivity index (χ3n) is 6.12. The second-order valence-corrected chi connectivity index (χ2v) is 13.0. The van der Waals surface area contributed by atoms with Crippen LogP contribution in [0.5, 0.6) is 0 Å². The lowest BCUT2D eigenvalue weighted by Gasteiger charge is -2.43. The third-order valence-corrected chi connectivity index (χ3v) is 11.1. The van der Waals surface area contributed by atoms with Crippen molar-refractivity contribution in [1.29, 1.82) is 0 Å². The summed E-state index contributed by atoms with van der Waals surface area (Å²) in [4.78, 5) is 0. The molecular formula is C23H28OSi. The highest BCUT2D eigenvalue weighted by molar-refractivity contribution is 6.99. The molecule has 1 saturated carbocycles. The molecule has 0 N–H and O–H groups in total. The van der Waals surface area contributed by atoms with Crippen LogP contribution >= 0.6 is 0 Å². The lowest BCUT2D eigenvalue weighted by Crippen LogP contribution is -2.67. The second-order valence-electron chi connectivity index (χ2n) is 8.72. The van der Waals surface area contributed by atoms with Gasteiger partial charge >= 0.3 is 0 Å². The largest absolute Gasteiger partial charge is 0.407 e. The van der Waals surface area contributed by atoms with Crippen molar-refractivity contribution in [3.8, 4) is 0 Å². The molecule has 2 aromatic carbocycles. The smallest absolute Gasteiger partial charge is 0.261 e.